The van der Waals surface area contributed by atoms with E-state index in [9.17, 15) is 18.3 Å². The summed E-state index contributed by atoms with van der Waals surface area (Å²) < 4.78 is 39.0. The Morgan fingerprint density at radius 3 is 2.64 bits per heavy atom. The lowest BCUT2D eigenvalue weighted by molar-refractivity contribution is -0.138. The Hall–Kier alpha value is -1.61. The third kappa shape index (κ3) is 3.67. The maximum Gasteiger partial charge on any atom is 0.332 e. The van der Waals surface area contributed by atoms with E-state index >= 15 is 0 Å². The highest BCUT2D eigenvalue weighted by Crippen LogP contribution is 2.37. The average Bonchev–Trinajstić information content (AvgIpc) is 2.97. The van der Waals surface area contributed by atoms with E-state index in [1.807, 2.05) is 0 Å². The molecule has 25 heavy (non-hydrogen) atoms. The van der Waals surface area contributed by atoms with Gasteiger partial charge in [-0.2, -0.15) is 0 Å². The molecule has 1 spiro atoms. The van der Waals surface area contributed by atoms with Crippen LogP contribution >= 0.6 is 11.6 Å². The highest BCUT2D eigenvalue weighted by Gasteiger charge is 2.45. The molecule has 1 aromatic rings. The van der Waals surface area contributed by atoms with Crippen molar-refractivity contribution in [3.05, 3.63) is 40.4 Å². The average molecular weight is 388 g/mol. The summed E-state index contributed by atoms with van der Waals surface area (Å²) in [5.74, 6) is -2.43. The van der Waals surface area contributed by atoms with Gasteiger partial charge in [-0.3, -0.25) is 4.72 Å². The van der Waals surface area contributed by atoms with E-state index < -0.39 is 27.0 Å². The number of nitrogens with one attached hydrogen (secondary N) is 1. The van der Waals surface area contributed by atoms with E-state index in [4.69, 9.17) is 21.1 Å². The SMILES string of the molecule is Cc1cc(Cl)ccc1NS(=O)(=O)C1CCC2(C=C1C(=O)O)OCCO2. The zero-order chi connectivity index (χ0) is 18.2. The van der Waals surface area contributed by atoms with Crippen LogP contribution in [-0.4, -0.2) is 43.7 Å². The standard InChI is InChI=1S/C16H18ClNO6S/c1-10-8-11(17)2-3-13(10)18-25(21,22)14-4-5-16(23-6-7-24-16)9-12(14)15(19)20/h2-3,8-9,14,18H,4-7H2,1H3,(H,19,20). The van der Waals surface area contributed by atoms with Crippen molar-refractivity contribution in [1.82, 2.24) is 0 Å². The Morgan fingerprint density at radius 2 is 2.04 bits per heavy atom. The molecule has 2 aliphatic rings. The van der Waals surface area contributed by atoms with Crippen LogP contribution in [0.5, 0.6) is 0 Å². The number of hydrogen-bond acceptors (Lipinski definition) is 5. The molecular formula is C16H18ClNO6S. The van der Waals surface area contributed by atoms with Crippen molar-refractivity contribution in [3.63, 3.8) is 0 Å². The summed E-state index contributed by atoms with van der Waals surface area (Å²) in [5, 5.41) is 8.78. The molecule has 1 saturated heterocycles. The Balaban J connectivity index is 1.92. The van der Waals surface area contributed by atoms with Crippen LogP contribution in [0.1, 0.15) is 18.4 Å². The number of aryl methyl sites for hydroxylation is 1. The summed E-state index contributed by atoms with van der Waals surface area (Å²) in [4.78, 5) is 11.6. The lowest BCUT2D eigenvalue weighted by Crippen LogP contribution is -2.41. The quantitative estimate of drug-likeness (QED) is 0.821. The number of rotatable bonds is 4. The maximum atomic E-state index is 12.8. The normalized spacial score (nSPS) is 22.6. The fraction of sp³-hybridized carbons (Fsp3) is 0.438. The van der Waals surface area contributed by atoms with Crippen molar-refractivity contribution < 1.29 is 27.8 Å². The van der Waals surface area contributed by atoms with Crippen LogP contribution in [0, 0.1) is 6.92 Å². The second kappa shape index (κ2) is 6.60. The fourth-order valence-corrected chi connectivity index (χ4v) is 4.91. The van der Waals surface area contributed by atoms with Crippen LogP contribution in [0.15, 0.2) is 29.8 Å². The number of carboxylic acids is 1. The van der Waals surface area contributed by atoms with Gasteiger partial charge in [-0.05, 0) is 43.2 Å². The maximum absolute atomic E-state index is 12.8. The van der Waals surface area contributed by atoms with Gasteiger partial charge in [0.05, 0.1) is 24.5 Å². The van der Waals surface area contributed by atoms with Gasteiger partial charge in [0.25, 0.3) is 0 Å². The van der Waals surface area contributed by atoms with E-state index in [-0.39, 0.29) is 18.4 Å². The van der Waals surface area contributed by atoms with Crippen molar-refractivity contribution in [1.29, 1.82) is 0 Å². The number of hydrogen-bond donors (Lipinski definition) is 2. The van der Waals surface area contributed by atoms with Gasteiger partial charge >= 0.3 is 5.97 Å². The predicted octanol–water partition coefficient (Wildman–Crippen LogP) is 2.31. The van der Waals surface area contributed by atoms with Crippen LogP contribution in [0.25, 0.3) is 0 Å². The third-order valence-electron chi connectivity index (χ3n) is 4.32. The molecule has 0 radical (unpaired) electrons. The summed E-state index contributed by atoms with van der Waals surface area (Å²) >= 11 is 5.88. The molecule has 7 nitrogen and oxygen atoms in total. The molecule has 1 heterocycles. The van der Waals surface area contributed by atoms with E-state index in [2.05, 4.69) is 4.72 Å². The van der Waals surface area contributed by atoms with E-state index in [1.165, 1.54) is 6.08 Å². The molecule has 1 unspecified atom stereocenters. The molecule has 0 saturated carbocycles. The molecule has 0 amide bonds. The molecule has 0 bridgehead atoms. The summed E-state index contributed by atoms with van der Waals surface area (Å²) in [6, 6.07) is 4.74. The molecule has 1 fully saturated rings. The largest absolute Gasteiger partial charge is 0.478 e. The zero-order valence-electron chi connectivity index (χ0n) is 13.5. The topological polar surface area (TPSA) is 102 Å². The van der Waals surface area contributed by atoms with E-state index in [0.717, 1.165) is 0 Å². The Bertz CT molecular complexity index is 829. The van der Waals surface area contributed by atoms with Gasteiger partial charge in [-0.1, -0.05) is 11.6 Å². The van der Waals surface area contributed by atoms with Crippen LogP contribution < -0.4 is 4.72 Å². The minimum atomic E-state index is -3.97. The highest BCUT2D eigenvalue weighted by molar-refractivity contribution is 7.93. The number of anilines is 1. The molecule has 9 heteroatoms. The minimum Gasteiger partial charge on any atom is -0.478 e. The molecule has 1 atom stereocenters. The molecule has 1 aromatic carbocycles. The predicted molar refractivity (Wildman–Crippen MR) is 92.1 cm³/mol. The fourth-order valence-electron chi connectivity index (χ4n) is 3.08. The van der Waals surface area contributed by atoms with Crippen molar-refractivity contribution in [2.45, 2.75) is 30.8 Å². The number of carboxylic acid groups (broad SMARTS) is 1. The lowest BCUT2D eigenvalue weighted by Gasteiger charge is -2.32. The lowest BCUT2D eigenvalue weighted by atomic mass is 9.94. The molecule has 1 aliphatic carbocycles. The van der Waals surface area contributed by atoms with Crippen LogP contribution in [-0.2, 0) is 24.3 Å². The van der Waals surface area contributed by atoms with Gasteiger partial charge in [-0.25, -0.2) is 13.2 Å². The molecule has 0 aromatic heterocycles. The smallest absolute Gasteiger partial charge is 0.332 e. The zero-order valence-corrected chi connectivity index (χ0v) is 15.1. The van der Waals surface area contributed by atoms with Crippen molar-refractivity contribution in [2.24, 2.45) is 0 Å². The van der Waals surface area contributed by atoms with Crippen molar-refractivity contribution in [2.75, 3.05) is 17.9 Å². The molecule has 3 rings (SSSR count). The van der Waals surface area contributed by atoms with Gasteiger partial charge in [0, 0.05) is 11.4 Å². The molecule has 136 valence electrons. The van der Waals surface area contributed by atoms with Crippen LogP contribution in [0.2, 0.25) is 5.02 Å². The van der Waals surface area contributed by atoms with Gasteiger partial charge < -0.3 is 14.6 Å². The van der Waals surface area contributed by atoms with Crippen molar-refractivity contribution >= 4 is 33.3 Å². The highest BCUT2D eigenvalue weighted by atomic mass is 35.5. The summed E-state index contributed by atoms with van der Waals surface area (Å²) in [6.45, 7) is 2.42. The molecule has 1 aliphatic heterocycles. The Labute approximate surface area is 150 Å². The summed E-state index contributed by atoms with van der Waals surface area (Å²) in [7, 11) is -3.97. The number of ether oxygens (including phenoxy) is 2. The monoisotopic (exact) mass is 387 g/mol. The van der Waals surface area contributed by atoms with Gasteiger partial charge in [0.15, 0.2) is 5.79 Å². The number of aliphatic carboxylic acids is 1. The van der Waals surface area contributed by atoms with Gasteiger partial charge in [0.1, 0.15) is 5.25 Å². The third-order valence-corrected chi connectivity index (χ3v) is 6.29. The second-order valence-corrected chi connectivity index (χ2v) is 8.35. The first kappa shape index (κ1) is 18.2. The van der Waals surface area contributed by atoms with Gasteiger partial charge in [0.2, 0.25) is 10.0 Å². The molecular weight excluding hydrogens is 370 g/mol. The number of carbonyl (C=O) groups is 1. The summed E-state index contributed by atoms with van der Waals surface area (Å²) in [5.41, 5.74) is 0.765. The Morgan fingerprint density at radius 1 is 1.36 bits per heavy atom. The summed E-state index contributed by atoms with van der Waals surface area (Å²) in [6.07, 6.45) is 1.64. The van der Waals surface area contributed by atoms with Crippen LogP contribution in [0.4, 0.5) is 5.69 Å². The first-order valence-electron chi connectivity index (χ1n) is 7.74. The van der Waals surface area contributed by atoms with Crippen LogP contribution in [0.3, 0.4) is 0 Å². The number of sulfonamides is 1. The minimum absolute atomic E-state index is 0.0834. The number of benzene rings is 1. The van der Waals surface area contributed by atoms with Crippen molar-refractivity contribution in [3.8, 4) is 0 Å². The van der Waals surface area contributed by atoms with Gasteiger partial charge in [-0.15, -0.1) is 0 Å². The number of halogens is 1. The van der Waals surface area contributed by atoms with E-state index in [0.29, 0.717) is 29.5 Å². The first-order valence-corrected chi connectivity index (χ1v) is 9.67. The Kier molecular flexibility index (Phi) is 4.80. The van der Waals surface area contributed by atoms with E-state index in [1.54, 1.807) is 25.1 Å². The first-order chi connectivity index (χ1) is 11.7. The molecule has 2 N–H and O–H groups in total. The second-order valence-electron chi connectivity index (χ2n) is 6.05.